The first kappa shape index (κ1) is 10.5. The summed E-state index contributed by atoms with van der Waals surface area (Å²) in [6.45, 7) is 0. The molecule has 2 aromatic rings. The quantitative estimate of drug-likeness (QED) is 0.702. The molecule has 3 rings (SSSR count). The highest BCUT2D eigenvalue weighted by Crippen LogP contribution is 2.37. The fourth-order valence-corrected chi connectivity index (χ4v) is 3.06. The van der Waals surface area contributed by atoms with E-state index < -0.39 is 0 Å². The zero-order valence-corrected chi connectivity index (χ0v) is 9.76. The van der Waals surface area contributed by atoms with Gasteiger partial charge in [0.25, 0.3) is 0 Å². The van der Waals surface area contributed by atoms with Crippen LogP contribution in [0.2, 0.25) is 0 Å². The summed E-state index contributed by atoms with van der Waals surface area (Å²) >= 11 is 1.46. The SMILES string of the molecule is O=C1Cc2ccc(F)cc2Sc2ccccc21. The minimum atomic E-state index is -0.261. The fraction of sp³-hybridized carbons (Fsp3) is 0.0714. The Morgan fingerprint density at radius 3 is 2.76 bits per heavy atom. The van der Waals surface area contributed by atoms with E-state index in [0.29, 0.717) is 6.42 Å². The molecule has 0 unspecified atom stereocenters. The van der Waals surface area contributed by atoms with E-state index in [9.17, 15) is 9.18 Å². The highest BCUT2D eigenvalue weighted by Gasteiger charge is 2.19. The average molecular weight is 244 g/mol. The maximum Gasteiger partial charge on any atom is 0.168 e. The Morgan fingerprint density at radius 1 is 1.06 bits per heavy atom. The smallest absolute Gasteiger partial charge is 0.168 e. The summed E-state index contributed by atoms with van der Waals surface area (Å²) in [5, 5.41) is 0. The molecular weight excluding hydrogens is 235 g/mol. The molecule has 0 radical (unpaired) electrons. The summed E-state index contributed by atoms with van der Waals surface area (Å²) in [6, 6.07) is 12.1. The molecule has 0 fully saturated rings. The van der Waals surface area contributed by atoms with Crippen molar-refractivity contribution in [3.63, 3.8) is 0 Å². The second-order valence-corrected chi connectivity index (χ2v) is 5.03. The average Bonchev–Trinajstić information content (AvgIpc) is 2.46. The molecule has 0 saturated heterocycles. The first-order chi connectivity index (χ1) is 8.24. The highest BCUT2D eigenvalue weighted by molar-refractivity contribution is 7.99. The van der Waals surface area contributed by atoms with E-state index in [-0.39, 0.29) is 11.6 Å². The summed E-state index contributed by atoms with van der Waals surface area (Å²) in [5.41, 5.74) is 1.63. The molecule has 1 heterocycles. The number of hydrogen-bond acceptors (Lipinski definition) is 2. The van der Waals surface area contributed by atoms with E-state index in [1.807, 2.05) is 24.3 Å². The van der Waals surface area contributed by atoms with Crippen LogP contribution < -0.4 is 0 Å². The number of rotatable bonds is 0. The number of carbonyl (C=O) groups is 1. The van der Waals surface area contributed by atoms with Crippen molar-refractivity contribution in [1.82, 2.24) is 0 Å². The van der Waals surface area contributed by atoms with Crippen molar-refractivity contribution < 1.29 is 9.18 Å². The summed E-state index contributed by atoms with van der Waals surface area (Å²) in [5.74, 6) is -0.165. The standard InChI is InChI=1S/C14H9FOS/c15-10-6-5-9-7-12(16)11-3-1-2-4-13(11)17-14(9)8-10/h1-6,8H,7H2. The normalized spacial score (nSPS) is 13.8. The summed E-state index contributed by atoms with van der Waals surface area (Å²) < 4.78 is 13.2. The molecule has 84 valence electrons. The van der Waals surface area contributed by atoms with Crippen LogP contribution in [-0.4, -0.2) is 5.78 Å². The minimum Gasteiger partial charge on any atom is -0.294 e. The van der Waals surface area contributed by atoms with Crippen molar-refractivity contribution in [1.29, 1.82) is 0 Å². The maximum atomic E-state index is 13.2. The van der Waals surface area contributed by atoms with E-state index in [4.69, 9.17) is 0 Å². The Labute approximate surface area is 103 Å². The minimum absolute atomic E-state index is 0.0958. The molecule has 0 atom stereocenters. The highest BCUT2D eigenvalue weighted by atomic mass is 32.2. The molecule has 0 aliphatic carbocycles. The van der Waals surface area contributed by atoms with Gasteiger partial charge >= 0.3 is 0 Å². The Hall–Kier alpha value is -1.61. The van der Waals surface area contributed by atoms with Crippen LogP contribution in [0, 0.1) is 5.82 Å². The molecule has 1 aliphatic rings. The van der Waals surface area contributed by atoms with Gasteiger partial charge in [-0.25, -0.2) is 4.39 Å². The van der Waals surface area contributed by atoms with Crippen LogP contribution in [0.15, 0.2) is 52.3 Å². The molecule has 0 amide bonds. The zero-order valence-electron chi connectivity index (χ0n) is 8.94. The van der Waals surface area contributed by atoms with Crippen LogP contribution in [0.25, 0.3) is 0 Å². The third-order valence-electron chi connectivity index (χ3n) is 2.79. The Kier molecular flexibility index (Phi) is 2.48. The van der Waals surface area contributed by atoms with Crippen molar-refractivity contribution in [2.75, 3.05) is 0 Å². The molecular formula is C14H9FOS. The van der Waals surface area contributed by atoms with Crippen LogP contribution >= 0.6 is 11.8 Å². The number of hydrogen-bond donors (Lipinski definition) is 0. The Morgan fingerprint density at radius 2 is 1.88 bits per heavy atom. The van der Waals surface area contributed by atoms with E-state index >= 15 is 0 Å². The molecule has 1 nitrogen and oxygen atoms in total. The van der Waals surface area contributed by atoms with Gasteiger partial charge < -0.3 is 0 Å². The first-order valence-corrected chi connectivity index (χ1v) is 6.14. The number of fused-ring (bicyclic) bond motifs is 2. The van der Waals surface area contributed by atoms with Crippen LogP contribution in [-0.2, 0) is 6.42 Å². The Bertz CT molecular complexity index is 607. The predicted octanol–water partition coefficient (Wildman–Crippen LogP) is 3.72. The lowest BCUT2D eigenvalue weighted by molar-refractivity contribution is 0.0990. The summed E-state index contributed by atoms with van der Waals surface area (Å²) in [4.78, 5) is 13.8. The molecule has 0 bridgehead atoms. The van der Waals surface area contributed by atoms with Gasteiger partial charge in [-0.2, -0.15) is 0 Å². The fourth-order valence-electron chi connectivity index (χ4n) is 1.94. The lowest BCUT2D eigenvalue weighted by Crippen LogP contribution is -2.02. The van der Waals surface area contributed by atoms with Crippen molar-refractivity contribution in [3.05, 3.63) is 59.4 Å². The van der Waals surface area contributed by atoms with Gasteiger partial charge in [0, 0.05) is 21.8 Å². The second kappa shape index (κ2) is 4.00. The molecule has 3 heteroatoms. The number of Topliss-reactive ketones (excluding diaryl/α,β-unsaturated/α-hetero) is 1. The molecule has 17 heavy (non-hydrogen) atoms. The second-order valence-electron chi connectivity index (χ2n) is 3.95. The van der Waals surface area contributed by atoms with Crippen LogP contribution in [0.1, 0.15) is 15.9 Å². The van der Waals surface area contributed by atoms with E-state index in [1.165, 1.54) is 23.9 Å². The van der Waals surface area contributed by atoms with Crippen LogP contribution in [0.4, 0.5) is 4.39 Å². The monoisotopic (exact) mass is 244 g/mol. The van der Waals surface area contributed by atoms with Crippen LogP contribution in [0.3, 0.4) is 0 Å². The molecule has 1 aliphatic heterocycles. The largest absolute Gasteiger partial charge is 0.294 e. The zero-order chi connectivity index (χ0) is 11.8. The van der Waals surface area contributed by atoms with Crippen molar-refractivity contribution in [3.8, 4) is 0 Å². The lowest BCUT2D eigenvalue weighted by atomic mass is 10.0. The van der Waals surface area contributed by atoms with Crippen molar-refractivity contribution in [2.24, 2.45) is 0 Å². The van der Waals surface area contributed by atoms with Gasteiger partial charge in [-0.3, -0.25) is 4.79 Å². The Balaban J connectivity index is 2.18. The molecule has 0 N–H and O–H groups in total. The van der Waals surface area contributed by atoms with E-state index in [1.54, 1.807) is 6.07 Å². The number of benzene rings is 2. The summed E-state index contributed by atoms with van der Waals surface area (Å²) in [6.07, 6.45) is 0.347. The number of ketones is 1. The predicted molar refractivity (Wildman–Crippen MR) is 65.0 cm³/mol. The van der Waals surface area contributed by atoms with Gasteiger partial charge in [0.15, 0.2) is 5.78 Å². The van der Waals surface area contributed by atoms with Crippen molar-refractivity contribution in [2.45, 2.75) is 16.2 Å². The molecule has 0 aromatic heterocycles. The van der Waals surface area contributed by atoms with Crippen molar-refractivity contribution >= 4 is 17.5 Å². The van der Waals surface area contributed by atoms with Gasteiger partial charge in [-0.15, -0.1) is 0 Å². The molecule has 0 spiro atoms. The molecule has 2 aromatic carbocycles. The van der Waals surface area contributed by atoms with Gasteiger partial charge in [0.05, 0.1) is 0 Å². The first-order valence-electron chi connectivity index (χ1n) is 5.32. The third kappa shape index (κ3) is 1.87. The number of halogens is 1. The summed E-state index contributed by atoms with van der Waals surface area (Å²) in [7, 11) is 0. The molecule has 0 saturated carbocycles. The van der Waals surface area contributed by atoms with E-state index in [0.717, 1.165) is 20.9 Å². The van der Waals surface area contributed by atoms with Gasteiger partial charge in [-0.05, 0) is 23.8 Å². The maximum absolute atomic E-state index is 13.2. The van der Waals surface area contributed by atoms with Gasteiger partial charge in [0.1, 0.15) is 5.82 Å². The van der Waals surface area contributed by atoms with Gasteiger partial charge in [0.2, 0.25) is 0 Å². The topological polar surface area (TPSA) is 17.1 Å². The third-order valence-corrected chi connectivity index (χ3v) is 3.96. The van der Waals surface area contributed by atoms with Gasteiger partial charge in [-0.1, -0.05) is 36.0 Å². The number of carbonyl (C=O) groups excluding carboxylic acids is 1. The van der Waals surface area contributed by atoms with Crippen LogP contribution in [0.5, 0.6) is 0 Å². The van der Waals surface area contributed by atoms with E-state index in [2.05, 4.69) is 0 Å². The lowest BCUT2D eigenvalue weighted by Gasteiger charge is -2.04.